The van der Waals surface area contributed by atoms with E-state index in [1.807, 2.05) is 11.7 Å². The van der Waals surface area contributed by atoms with E-state index >= 15 is 0 Å². The molecule has 4 heterocycles. The second-order valence-corrected chi connectivity index (χ2v) is 8.99. The number of thiazole rings is 1. The Bertz CT molecular complexity index is 1360. The fraction of sp³-hybridized carbons (Fsp3) is 0.200. The zero-order chi connectivity index (χ0) is 20.8. The minimum absolute atomic E-state index is 0.956. The Hall–Kier alpha value is -3.22. The van der Waals surface area contributed by atoms with E-state index in [0.29, 0.717) is 0 Å². The molecule has 1 aliphatic rings. The number of aromatic nitrogens is 3. The smallest absolute Gasteiger partial charge is 0.137 e. The van der Waals surface area contributed by atoms with Crippen LogP contribution in [0, 0.1) is 0 Å². The average molecular weight is 426 g/mol. The molecule has 154 valence electrons. The first kappa shape index (κ1) is 18.5. The predicted octanol–water partition coefficient (Wildman–Crippen LogP) is 5.03. The fourth-order valence-electron chi connectivity index (χ4n) is 4.38. The monoisotopic (exact) mass is 425 g/mol. The lowest BCUT2D eigenvalue weighted by molar-refractivity contribution is 0.313. The van der Waals surface area contributed by atoms with Crippen LogP contribution in [0.1, 0.15) is 0 Å². The maximum atomic E-state index is 4.70. The SMILES string of the molecule is CN1CCN(c2ccc(-c3ccn4c(-c5cccc6ncsc56)cnc4c3)cc2)CC1. The van der Waals surface area contributed by atoms with Crippen LogP contribution in [0.4, 0.5) is 5.69 Å². The number of nitrogens with zero attached hydrogens (tertiary/aromatic N) is 5. The normalized spacial score (nSPS) is 15.2. The van der Waals surface area contributed by atoms with E-state index in [0.717, 1.165) is 43.0 Å². The Morgan fingerprint density at radius 2 is 1.71 bits per heavy atom. The van der Waals surface area contributed by atoms with Gasteiger partial charge in [0.1, 0.15) is 5.65 Å². The number of benzene rings is 2. The van der Waals surface area contributed by atoms with Crippen LogP contribution in [0.25, 0.3) is 38.2 Å². The van der Waals surface area contributed by atoms with Crippen molar-refractivity contribution in [1.82, 2.24) is 19.3 Å². The van der Waals surface area contributed by atoms with Gasteiger partial charge >= 0.3 is 0 Å². The van der Waals surface area contributed by atoms with Crippen LogP contribution in [0.3, 0.4) is 0 Å². The highest BCUT2D eigenvalue weighted by atomic mass is 32.1. The van der Waals surface area contributed by atoms with Crippen molar-refractivity contribution in [2.24, 2.45) is 0 Å². The Labute approximate surface area is 185 Å². The third-order valence-electron chi connectivity index (χ3n) is 6.21. The highest BCUT2D eigenvalue weighted by Crippen LogP contribution is 2.32. The molecule has 0 amide bonds. The molecule has 1 fully saturated rings. The predicted molar refractivity (Wildman–Crippen MR) is 129 cm³/mol. The van der Waals surface area contributed by atoms with Crippen LogP contribution in [0.2, 0.25) is 0 Å². The lowest BCUT2D eigenvalue weighted by atomic mass is 10.1. The number of hydrogen-bond donors (Lipinski definition) is 0. The van der Waals surface area contributed by atoms with E-state index in [4.69, 9.17) is 4.98 Å². The summed E-state index contributed by atoms with van der Waals surface area (Å²) in [6, 6.07) is 19.5. The lowest BCUT2D eigenvalue weighted by Crippen LogP contribution is -2.44. The summed E-state index contributed by atoms with van der Waals surface area (Å²) < 4.78 is 3.37. The largest absolute Gasteiger partial charge is 0.369 e. The molecule has 0 aliphatic carbocycles. The van der Waals surface area contributed by atoms with E-state index in [1.54, 1.807) is 11.3 Å². The van der Waals surface area contributed by atoms with Gasteiger partial charge in [-0.25, -0.2) is 9.97 Å². The molecule has 1 aliphatic heterocycles. The second kappa shape index (κ2) is 7.48. The average Bonchev–Trinajstić information content (AvgIpc) is 3.46. The summed E-state index contributed by atoms with van der Waals surface area (Å²) in [6.45, 7) is 4.42. The van der Waals surface area contributed by atoms with Crippen LogP contribution in [-0.2, 0) is 0 Å². The molecule has 0 bridgehead atoms. The number of anilines is 1. The number of hydrogen-bond acceptors (Lipinski definition) is 5. The van der Waals surface area contributed by atoms with Gasteiger partial charge in [0.2, 0.25) is 0 Å². The third-order valence-corrected chi connectivity index (χ3v) is 7.09. The molecular formula is C25H23N5S. The number of fused-ring (bicyclic) bond motifs is 2. The molecule has 1 saturated heterocycles. The molecule has 0 N–H and O–H groups in total. The van der Waals surface area contributed by atoms with Crippen molar-refractivity contribution in [3.63, 3.8) is 0 Å². The molecule has 5 aromatic rings. The van der Waals surface area contributed by atoms with Gasteiger partial charge in [0.05, 0.1) is 27.6 Å². The summed E-state index contributed by atoms with van der Waals surface area (Å²) in [4.78, 5) is 14.0. The first-order valence-electron chi connectivity index (χ1n) is 10.6. The summed E-state index contributed by atoms with van der Waals surface area (Å²) in [7, 11) is 2.19. The Kier molecular flexibility index (Phi) is 4.47. The molecule has 3 aromatic heterocycles. The van der Waals surface area contributed by atoms with Crippen molar-refractivity contribution in [3.05, 3.63) is 72.5 Å². The third kappa shape index (κ3) is 3.28. The molecule has 0 unspecified atom stereocenters. The quantitative estimate of drug-likeness (QED) is 0.406. The molecule has 31 heavy (non-hydrogen) atoms. The van der Waals surface area contributed by atoms with E-state index in [2.05, 4.69) is 87.0 Å². The number of likely N-dealkylation sites (N-methyl/N-ethyl adjacent to an activating group) is 1. The molecule has 2 aromatic carbocycles. The van der Waals surface area contributed by atoms with E-state index in [9.17, 15) is 0 Å². The maximum Gasteiger partial charge on any atom is 0.137 e. The van der Waals surface area contributed by atoms with Crippen molar-refractivity contribution in [3.8, 4) is 22.4 Å². The first-order valence-corrected chi connectivity index (χ1v) is 11.5. The van der Waals surface area contributed by atoms with E-state index in [1.165, 1.54) is 27.1 Å². The van der Waals surface area contributed by atoms with Crippen molar-refractivity contribution in [1.29, 1.82) is 0 Å². The van der Waals surface area contributed by atoms with Crippen molar-refractivity contribution in [2.45, 2.75) is 0 Å². The van der Waals surface area contributed by atoms with Gasteiger partial charge in [0, 0.05) is 43.6 Å². The Balaban J connectivity index is 1.32. The maximum absolute atomic E-state index is 4.70. The molecule has 0 spiro atoms. The molecule has 6 heteroatoms. The van der Waals surface area contributed by atoms with Crippen molar-refractivity contribution >= 4 is 32.9 Å². The molecule has 0 atom stereocenters. The number of pyridine rings is 1. The summed E-state index contributed by atoms with van der Waals surface area (Å²) in [5, 5.41) is 0. The van der Waals surface area contributed by atoms with Gasteiger partial charge in [-0.1, -0.05) is 24.3 Å². The highest BCUT2D eigenvalue weighted by Gasteiger charge is 2.15. The van der Waals surface area contributed by atoms with E-state index < -0.39 is 0 Å². The summed E-state index contributed by atoms with van der Waals surface area (Å²) in [6.07, 6.45) is 4.09. The molecule has 5 nitrogen and oxygen atoms in total. The number of piperazine rings is 1. The van der Waals surface area contributed by atoms with E-state index in [-0.39, 0.29) is 0 Å². The Morgan fingerprint density at radius 1 is 0.871 bits per heavy atom. The van der Waals surface area contributed by atoms with Gasteiger partial charge in [-0.15, -0.1) is 11.3 Å². The minimum Gasteiger partial charge on any atom is -0.369 e. The lowest BCUT2D eigenvalue weighted by Gasteiger charge is -2.34. The van der Waals surface area contributed by atoms with Crippen molar-refractivity contribution < 1.29 is 0 Å². The first-order chi connectivity index (χ1) is 15.3. The molecule has 0 radical (unpaired) electrons. The zero-order valence-corrected chi connectivity index (χ0v) is 18.2. The number of imidazole rings is 1. The van der Waals surface area contributed by atoms with Crippen LogP contribution in [0.15, 0.2) is 72.5 Å². The molecular weight excluding hydrogens is 402 g/mol. The molecule has 0 saturated carbocycles. The topological polar surface area (TPSA) is 36.7 Å². The molecule has 6 rings (SSSR count). The van der Waals surface area contributed by atoms with Gasteiger partial charge in [-0.3, -0.25) is 4.40 Å². The summed E-state index contributed by atoms with van der Waals surface area (Å²) in [5.41, 5.74) is 9.88. The van der Waals surface area contributed by atoms with Gasteiger partial charge in [0.15, 0.2) is 0 Å². The van der Waals surface area contributed by atoms with Gasteiger partial charge in [-0.05, 0) is 48.5 Å². The minimum atomic E-state index is 0.956. The van der Waals surface area contributed by atoms with Gasteiger partial charge in [-0.2, -0.15) is 0 Å². The van der Waals surface area contributed by atoms with Crippen LogP contribution in [-0.4, -0.2) is 52.5 Å². The van der Waals surface area contributed by atoms with Crippen molar-refractivity contribution in [2.75, 3.05) is 38.1 Å². The fourth-order valence-corrected chi connectivity index (χ4v) is 5.19. The Morgan fingerprint density at radius 3 is 2.55 bits per heavy atom. The zero-order valence-electron chi connectivity index (χ0n) is 17.4. The van der Waals surface area contributed by atoms with Gasteiger partial charge < -0.3 is 9.80 Å². The summed E-state index contributed by atoms with van der Waals surface area (Å²) in [5.74, 6) is 0. The number of rotatable bonds is 3. The van der Waals surface area contributed by atoms with Gasteiger partial charge in [0.25, 0.3) is 0 Å². The standard InChI is InChI=1S/C25H23N5S/c1-28-11-13-29(14-12-28)20-7-5-18(6-8-20)19-9-10-30-23(16-26-24(30)15-19)21-3-2-4-22-25(21)31-17-27-22/h2-10,15-17H,11-14H2,1H3. The van der Waals surface area contributed by atoms with Crippen LogP contribution < -0.4 is 4.90 Å². The van der Waals surface area contributed by atoms with Crippen LogP contribution in [0.5, 0.6) is 0 Å². The van der Waals surface area contributed by atoms with Crippen LogP contribution >= 0.6 is 11.3 Å². The summed E-state index contributed by atoms with van der Waals surface area (Å²) >= 11 is 1.67. The highest BCUT2D eigenvalue weighted by molar-refractivity contribution is 7.17. The second-order valence-electron chi connectivity index (χ2n) is 8.13.